The van der Waals surface area contributed by atoms with E-state index in [1.165, 1.54) is 19.3 Å². The molecule has 27 heavy (non-hydrogen) atoms. The van der Waals surface area contributed by atoms with E-state index in [1.54, 1.807) is 51.4 Å². The Kier molecular flexibility index (Phi) is 4.57. The highest BCUT2D eigenvalue weighted by atomic mass is 14.6. The van der Waals surface area contributed by atoms with Crippen molar-refractivity contribution in [1.82, 2.24) is 0 Å². The highest BCUT2D eigenvalue weighted by Gasteiger charge is 2.59. The van der Waals surface area contributed by atoms with E-state index in [0.29, 0.717) is 10.8 Å². The standard InChI is InChI=1S/C27H46/c1-17(2)18-14-16-27(5)24(18)13-10-22-20-8-11-23-21(7-6-15-26(23,3)4)19(20)9-12-25(22)27/h17-25H,6-16H2,1-5H3/t18-,19+,20-,21-,22+,23-,24-,25+,27+/m1/s1. The van der Waals surface area contributed by atoms with E-state index in [0.717, 1.165) is 53.3 Å². The third kappa shape index (κ3) is 2.73. The van der Waals surface area contributed by atoms with Crippen molar-refractivity contribution < 1.29 is 0 Å². The third-order valence-electron chi connectivity index (χ3n) is 11.6. The fraction of sp³-hybridized carbons (Fsp3) is 1.00. The minimum atomic E-state index is 0.629. The van der Waals surface area contributed by atoms with Gasteiger partial charge in [0.05, 0.1) is 0 Å². The van der Waals surface area contributed by atoms with Crippen LogP contribution in [-0.2, 0) is 0 Å². The summed E-state index contributed by atoms with van der Waals surface area (Å²) in [5, 5.41) is 0. The first-order chi connectivity index (χ1) is 12.8. The quantitative estimate of drug-likeness (QED) is 0.439. The van der Waals surface area contributed by atoms with Crippen LogP contribution < -0.4 is 0 Å². The number of hydrogen-bond donors (Lipinski definition) is 0. The van der Waals surface area contributed by atoms with Gasteiger partial charge in [-0.15, -0.1) is 0 Å². The van der Waals surface area contributed by atoms with Crippen molar-refractivity contribution in [2.24, 2.45) is 64.1 Å². The minimum absolute atomic E-state index is 0.629. The van der Waals surface area contributed by atoms with Gasteiger partial charge in [-0.25, -0.2) is 0 Å². The molecule has 5 aliphatic rings. The van der Waals surface area contributed by atoms with Gasteiger partial charge < -0.3 is 0 Å². The molecular weight excluding hydrogens is 324 g/mol. The van der Waals surface area contributed by atoms with E-state index in [-0.39, 0.29) is 0 Å². The van der Waals surface area contributed by atoms with Crippen molar-refractivity contribution in [2.75, 3.05) is 0 Å². The second-order valence-electron chi connectivity index (χ2n) is 13.0. The monoisotopic (exact) mass is 370 g/mol. The average Bonchev–Trinajstić information content (AvgIpc) is 2.98. The molecule has 0 heterocycles. The Balaban J connectivity index is 1.38. The molecule has 5 fully saturated rings. The lowest BCUT2D eigenvalue weighted by atomic mass is 9.44. The molecule has 5 rings (SSSR count). The van der Waals surface area contributed by atoms with Crippen LogP contribution in [0.5, 0.6) is 0 Å². The first kappa shape index (κ1) is 19.0. The highest BCUT2D eigenvalue weighted by molar-refractivity contribution is 5.08. The van der Waals surface area contributed by atoms with Gasteiger partial charge in [0.1, 0.15) is 0 Å². The SMILES string of the molecule is CC(C)[C@H]1CC[C@@]2(C)[C@@H]1CC[C@H]1[C@@H]3CC[C@@H]4[C@H](CCCC4(C)C)[C@H]3CC[C@@H]12. The Morgan fingerprint density at radius 2 is 1.19 bits per heavy atom. The Hall–Kier alpha value is 0. The number of rotatable bonds is 1. The van der Waals surface area contributed by atoms with Gasteiger partial charge in [-0.3, -0.25) is 0 Å². The van der Waals surface area contributed by atoms with Gasteiger partial charge in [-0.05, 0) is 128 Å². The molecular formula is C27H46. The van der Waals surface area contributed by atoms with Crippen molar-refractivity contribution in [1.29, 1.82) is 0 Å². The third-order valence-corrected chi connectivity index (χ3v) is 11.6. The van der Waals surface area contributed by atoms with Crippen molar-refractivity contribution in [3.05, 3.63) is 0 Å². The molecule has 9 atom stereocenters. The molecule has 0 nitrogen and oxygen atoms in total. The summed E-state index contributed by atoms with van der Waals surface area (Å²) in [6, 6.07) is 0. The first-order valence-electron chi connectivity index (χ1n) is 12.8. The maximum atomic E-state index is 2.76. The number of fused-ring (bicyclic) bond motifs is 7. The average molecular weight is 371 g/mol. The van der Waals surface area contributed by atoms with Crippen LogP contribution in [0.4, 0.5) is 0 Å². The van der Waals surface area contributed by atoms with Gasteiger partial charge in [0.25, 0.3) is 0 Å². The van der Waals surface area contributed by atoms with Crippen molar-refractivity contribution in [3.63, 3.8) is 0 Å². The molecule has 0 spiro atoms. The zero-order valence-electron chi connectivity index (χ0n) is 19.0. The highest BCUT2D eigenvalue weighted by Crippen LogP contribution is 2.68. The van der Waals surface area contributed by atoms with Crippen LogP contribution in [0.15, 0.2) is 0 Å². The summed E-state index contributed by atoms with van der Waals surface area (Å²) in [7, 11) is 0. The summed E-state index contributed by atoms with van der Waals surface area (Å²) in [6.07, 6.45) is 17.2. The van der Waals surface area contributed by atoms with Crippen LogP contribution in [0.25, 0.3) is 0 Å². The molecule has 0 aromatic heterocycles. The van der Waals surface area contributed by atoms with Crippen LogP contribution in [0, 0.1) is 64.1 Å². The van der Waals surface area contributed by atoms with Crippen molar-refractivity contribution in [2.45, 2.75) is 105 Å². The normalized spacial score (nSPS) is 54.0. The molecule has 0 aliphatic heterocycles. The fourth-order valence-electron chi connectivity index (χ4n) is 10.4. The predicted molar refractivity (Wildman–Crippen MR) is 115 cm³/mol. The van der Waals surface area contributed by atoms with Crippen molar-refractivity contribution in [3.8, 4) is 0 Å². The van der Waals surface area contributed by atoms with Crippen molar-refractivity contribution >= 4 is 0 Å². The second kappa shape index (κ2) is 6.50. The molecule has 0 saturated heterocycles. The lowest BCUT2D eigenvalue weighted by Gasteiger charge is -2.61. The van der Waals surface area contributed by atoms with Gasteiger partial charge in [-0.2, -0.15) is 0 Å². The van der Waals surface area contributed by atoms with Gasteiger partial charge in [0.15, 0.2) is 0 Å². The van der Waals surface area contributed by atoms with Crippen LogP contribution in [0.3, 0.4) is 0 Å². The second-order valence-corrected chi connectivity index (χ2v) is 13.0. The van der Waals surface area contributed by atoms with Gasteiger partial charge in [-0.1, -0.05) is 41.0 Å². The Bertz CT molecular complexity index is 558. The zero-order chi connectivity index (χ0) is 19.0. The van der Waals surface area contributed by atoms with E-state index in [1.807, 2.05) is 0 Å². The smallest absolute Gasteiger partial charge is 0.0264 e. The molecule has 0 unspecified atom stereocenters. The Labute approximate surface area is 169 Å². The lowest BCUT2D eigenvalue weighted by Crippen LogP contribution is -2.53. The molecule has 0 bridgehead atoms. The topological polar surface area (TPSA) is 0 Å². The fourth-order valence-corrected chi connectivity index (χ4v) is 10.4. The van der Waals surface area contributed by atoms with E-state index in [2.05, 4.69) is 34.6 Å². The van der Waals surface area contributed by atoms with Crippen LogP contribution in [0.1, 0.15) is 105 Å². The molecule has 154 valence electrons. The number of hydrogen-bond acceptors (Lipinski definition) is 0. The van der Waals surface area contributed by atoms with Gasteiger partial charge in [0, 0.05) is 0 Å². The molecule has 0 radical (unpaired) electrons. The largest absolute Gasteiger partial charge is 0.0625 e. The first-order valence-corrected chi connectivity index (χ1v) is 12.8. The summed E-state index contributed by atoms with van der Waals surface area (Å²) in [5.41, 5.74) is 1.33. The van der Waals surface area contributed by atoms with Crippen LogP contribution in [0.2, 0.25) is 0 Å². The zero-order valence-corrected chi connectivity index (χ0v) is 19.0. The van der Waals surface area contributed by atoms with Gasteiger partial charge >= 0.3 is 0 Å². The predicted octanol–water partition coefficient (Wildman–Crippen LogP) is 7.96. The van der Waals surface area contributed by atoms with Gasteiger partial charge in [0.2, 0.25) is 0 Å². The molecule has 0 aromatic carbocycles. The molecule has 0 amide bonds. The summed E-state index contributed by atoms with van der Waals surface area (Å²) in [6.45, 7) is 13.0. The molecule has 5 aliphatic carbocycles. The maximum absolute atomic E-state index is 2.76. The Morgan fingerprint density at radius 1 is 0.593 bits per heavy atom. The van der Waals surface area contributed by atoms with Crippen LogP contribution in [-0.4, -0.2) is 0 Å². The van der Waals surface area contributed by atoms with E-state index >= 15 is 0 Å². The maximum Gasteiger partial charge on any atom is -0.0264 e. The summed E-state index contributed by atoms with van der Waals surface area (Å²) < 4.78 is 0. The van der Waals surface area contributed by atoms with Crippen LogP contribution >= 0.6 is 0 Å². The summed E-state index contributed by atoms with van der Waals surface area (Å²) in [5.74, 6) is 9.52. The van der Waals surface area contributed by atoms with E-state index < -0.39 is 0 Å². The molecule has 0 aromatic rings. The minimum Gasteiger partial charge on any atom is -0.0625 e. The molecule has 0 heteroatoms. The van der Waals surface area contributed by atoms with E-state index in [9.17, 15) is 0 Å². The summed E-state index contributed by atoms with van der Waals surface area (Å²) in [4.78, 5) is 0. The molecule has 0 N–H and O–H groups in total. The Morgan fingerprint density at radius 3 is 1.89 bits per heavy atom. The lowest BCUT2D eigenvalue weighted by molar-refractivity contribution is -0.120. The van der Waals surface area contributed by atoms with E-state index in [4.69, 9.17) is 0 Å². The molecule has 5 saturated carbocycles. The summed E-state index contributed by atoms with van der Waals surface area (Å²) >= 11 is 0.